The first-order chi connectivity index (χ1) is 9.75. The minimum atomic E-state index is 0.560. The third kappa shape index (κ3) is 2.37. The van der Waals surface area contributed by atoms with Gasteiger partial charge in [0.05, 0.1) is 18.8 Å². The standard InChI is InChI=1S/C14H17N5O/c15-10-2-1-3-11(16)13(10)14-17-5-4-12(18-14)19-6-8-20-9-7-19/h1-5H,6-9,15-16H2. The van der Waals surface area contributed by atoms with Gasteiger partial charge in [-0.1, -0.05) is 6.07 Å². The van der Waals surface area contributed by atoms with Crippen LogP contribution >= 0.6 is 0 Å². The van der Waals surface area contributed by atoms with Crippen molar-refractivity contribution in [1.82, 2.24) is 9.97 Å². The Hall–Kier alpha value is -2.34. The molecule has 0 unspecified atom stereocenters. The van der Waals surface area contributed by atoms with Gasteiger partial charge in [0.1, 0.15) is 5.82 Å². The molecule has 20 heavy (non-hydrogen) atoms. The second-order valence-electron chi connectivity index (χ2n) is 4.65. The maximum absolute atomic E-state index is 5.99. The van der Waals surface area contributed by atoms with Gasteiger partial charge in [-0.3, -0.25) is 0 Å². The van der Waals surface area contributed by atoms with Crippen molar-refractivity contribution in [3.05, 3.63) is 30.5 Å². The monoisotopic (exact) mass is 271 g/mol. The molecule has 1 fully saturated rings. The zero-order valence-corrected chi connectivity index (χ0v) is 11.1. The van der Waals surface area contributed by atoms with E-state index in [1.54, 1.807) is 18.3 Å². The maximum atomic E-state index is 5.99. The highest BCUT2D eigenvalue weighted by Crippen LogP contribution is 2.29. The first-order valence-electron chi connectivity index (χ1n) is 6.56. The molecule has 2 aromatic rings. The summed E-state index contributed by atoms with van der Waals surface area (Å²) in [4.78, 5) is 11.1. The molecule has 1 aromatic heterocycles. The van der Waals surface area contributed by atoms with Crippen LogP contribution in [0.3, 0.4) is 0 Å². The van der Waals surface area contributed by atoms with Gasteiger partial charge in [-0.2, -0.15) is 0 Å². The molecule has 4 N–H and O–H groups in total. The Kier molecular flexibility index (Phi) is 3.39. The number of aromatic nitrogens is 2. The van der Waals surface area contributed by atoms with Crippen molar-refractivity contribution in [3.63, 3.8) is 0 Å². The molecule has 0 bridgehead atoms. The molecule has 0 atom stereocenters. The summed E-state index contributed by atoms with van der Waals surface area (Å²) in [6.07, 6.45) is 1.74. The lowest BCUT2D eigenvalue weighted by atomic mass is 10.1. The molecule has 1 aromatic carbocycles. The van der Waals surface area contributed by atoms with E-state index in [0.717, 1.165) is 32.1 Å². The average molecular weight is 271 g/mol. The van der Waals surface area contributed by atoms with Gasteiger partial charge in [0, 0.05) is 30.7 Å². The molecule has 6 nitrogen and oxygen atoms in total. The minimum Gasteiger partial charge on any atom is -0.398 e. The topological polar surface area (TPSA) is 90.3 Å². The lowest BCUT2D eigenvalue weighted by Gasteiger charge is -2.27. The highest BCUT2D eigenvalue weighted by atomic mass is 16.5. The second kappa shape index (κ2) is 5.34. The van der Waals surface area contributed by atoms with Gasteiger partial charge in [0.15, 0.2) is 5.82 Å². The second-order valence-corrected chi connectivity index (χ2v) is 4.65. The van der Waals surface area contributed by atoms with Gasteiger partial charge in [0.2, 0.25) is 0 Å². The van der Waals surface area contributed by atoms with Crippen LogP contribution in [0.5, 0.6) is 0 Å². The first-order valence-corrected chi connectivity index (χ1v) is 6.56. The fourth-order valence-corrected chi connectivity index (χ4v) is 2.29. The van der Waals surface area contributed by atoms with E-state index in [0.29, 0.717) is 22.8 Å². The van der Waals surface area contributed by atoms with Crippen molar-refractivity contribution >= 4 is 17.2 Å². The largest absolute Gasteiger partial charge is 0.398 e. The van der Waals surface area contributed by atoms with Crippen LogP contribution in [0.1, 0.15) is 0 Å². The summed E-state index contributed by atoms with van der Waals surface area (Å²) in [5, 5.41) is 0. The highest BCUT2D eigenvalue weighted by molar-refractivity contribution is 5.83. The predicted octanol–water partition coefficient (Wildman–Crippen LogP) is 1.14. The van der Waals surface area contributed by atoms with Crippen LogP contribution in [0, 0.1) is 0 Å². The molecule has 0 aliphatic carbocycles. The van der Waals surface area contributed by atoms with Crippen LogP contribution in [-0.2, 0) is 4.74 Å². The Bertz CT molecular complexity index is 590. The summed E-state index contributed by atoms with van der Waals surface area (Å²) in [6, 6.07) is 7.32. The van der Waals surface area contributed by atoms with Crippen molar-refractivity contribution < 1.29 is 4.74 Å². The number of benzene rings is 1. The van der Waals surface area contributed by atoms with Crippen molar-refractivity contribution in [2.45, 2.75) is 0 Å². The molecular weight excluding hydrogens is 254 g/mol. The van der Waals surface area contributed by atoms with Gasteiger partial charge in [-0.05, 0) is 18.2 Å². The van der Waals surface area contributed by atoms with Gasteiger partial charge in [-0.15, -0.1) is 0 Å². The van der Waals surface area contributed by atoms with E-state index in [1.165, 1.54) is 0 Å². The lowest BCUT2D eigenvalue weighted by Crippen LogP contribution is -2.36. The SMILES string of the molecule is Nc1cccc(N)c1-c1nccc(N2CCOCC2)n1. The van der Waals surface area contributed by atoms with Crippen LogP contribution in [0.25, 0.3) is 11.4 Å². The van der Waals surface area contributed by atoms with Gasteiger partial charge >= 0.3 is 0 Å². The van der Waals surface area contributed by atoms with Crippen LogP contribution in [0.4, 0.5) is 17.2 Å². The number of morpholine rings is 1. The summed E-state index contributed by atoms with van der Waals surface area (Å²) in [7, 11) is 0. The van der Waals surface area contributed by atoms with Crippen LogP contribution in [0.15, 0.2) is 30.5 Å². The van der Waals surface area contributed by atoms with Crippen molar-refractivity contribution in [3.8, 4) is 11.4 Å². The number of nitrogen functional groups attached to an aromatic ring is 2. The third-order valence-electron chi connectivity index (χ3n) is 3.33. The lowest BCUT2D eigenvalue weighted by molar-refractivity contribution is 0.122. The summed E-state index contributed by atoms with van der Waals surface area (Å²) in [5.41, 5.74) is 13.8. The van der Waals surface area contributed by atoms with Gasteiger partial charge in [0.25, 0.3) is 0 Å². The van der Waals surface area contributed by atoms with Crippen LogP contribution < -0.4 is 16.4 Å². The summed E-state index contributed by atoms with van der Waals surface area (Å²) >= 11 is 0. The third-order valence-corrected chi connectivity index (χ3v) is 3.33. The molecule has 1 saturated heterocycles. The fourth-order valence-electron chi connectivity index (χ4n) is 2.29. The maximum Gasteiger partial charge on any atom is 0.165 e. The number of anilines is 3. The summed E-state index contributed by atoms with van der Waals surface area (Å²) < 4.78 is 5.35. The Morgan fingerprint density at radius 2 is 1.75 bits per heavy atom. The van der Waals surface area contributed by atoms with Crippen LogP contribution in [-0.4, -0.2) is 36.3 Å². The quantitative estimate of drug-likeness (QED) is 0.796. The molecule has 1 aliphatic rings. The van der Waals surface area contributed by atoms with E-state index in [1.807, 2.05) is 12.1 Å². The smallest absolute Gasteiger partial charge is 0.165 e. The zero-order valence-electron chi connectivity index (χ0n) is 11.1. The first kappa shape index (κ1) is 12.7. The molecule has 0 saturated carbocycles. The molecular formula is C14H17N5O. The zero-order chi connectivity index (χ0) is 13.9. The molecule has 6 heteroatoms. The molecule has 1 aliphatic heterocycles. The Balaban J connectivity index is 1.98. The number of nitrogens with two attached hydrogens (primary N) is 2. The van der Waals surface area contributed by atoms with Crippen molar-refractivity contribution in [2.75, 3.05) is 42.7 Å². The van der Waals surface area contributed by atoms with E-state index >= 15 is 0 Å². The van der Waals surface area contributed by atoms with E-state index in [4.69, 9.17) is 16.2 Å². The van der Waals surface area contributed by atoms with Crippen molar-refractivity contribution in [1.29, 1.82) is 0 Å². The van der Waals surface area contributed by atoms with Gasteiger partial charge in [-0.25, -0.2) is 9.97 Å². The normalized spacial score (nSPS) is 15.3. The minimum absolute atomic E-state index is 0.560. The predicted molar refractivity (Wildman–Crippen MR) is 79.3 cm³/mol. The average Bonchev–Trinajstić information content (AvgIpc) is 2.48. The van der Waals surface area contributed by atoms with Crippen LogP contribution in [0.2, 0.25) is 0 Å². The Labute approximate surface area is 117 Å². The number of rotatable bonds is 2. The molecule has 0 amide bonds. The summed E-state index contributed by atoms with van der Waals surface area (Å²) in [6.45, 7) is 3.09. The van der Waals surface area contributed by atoms with E-state index < -0.39 is 0 Å². The number of hydrogen-bond donors (Lipinski definition) is 2. The number of nitrogens with zero attached hydrogens (tertiary/aromatic N) is 3. The van der Waals surface area contributed by atoms with E-state index in [9.17, 15) is 0 Å². The molecule has 104 valence electrons. The highest BCUT2D eigenvalue weighted by Gasteiger charge is 2.15. The van der Waals surface area contributed by atoms with Crippen molar-refractivity contribution in [2.24, 2.45) is 0 Å². The Morgan fingerprint density at radius 1 is 1.05 bits per heavy atom. The molecule has 2 heterocycles. The number of hydrogen-bond acceptors (Lipinski definition) is 6. The Morgan fingerprint density at radius 3 is 2.45 bits per heavy atom. The summed E-state index contributed by atoms with van der Waals surface area (Å²) in [5.74, 6) is 1.44. The molecule has 0 spiro atoms. The fraction of sp³-hybridized carbons (Fsp3) is 0.286. The van der Waals surface area contributed by atoms with E-state index in [2.05, 4.69) is 14.9 Å². The molecule has 0 radical (unpaired) electrons. The molecule has 3 rings (SSSR count). The number of ether oxygens (including phenoxy) is 1. The van der Waals surface area contributed by atoms with Gasteiger partial charge < -0.3 is 21.1 Å². The van der Waals surface area contributed by atoms with E-state index in [-0.39, 0.29) is 0 Å².